The van der Waals surface area contributed by atoms with Gasteiger partial charge < -0.3 is 16.0 Å². The number of amides is 3. The smallest absolute Gasteiger partial charge is 0.257 e. The molecule has 0 bridgehead atoms. The predicted molar refractivity (Wildman–Crippen MR) is 122 cm³/mol. The molecule has 0 aliphatic carbocycles. The number of benzene rings is 3. The maximum atomic E-state index is 12.4. The molecule has 0 aliphatic rings. The second kappa shape index (κ2) is 10.6. The van der Waals surface area contributed by atoms with E-state index < -0.39 is 5.91 Å². The molecule has 3 rings (SSSR count). The molecule has 0 spiro atoms. The van der Waals surface area contributed by atoms with Crippen molar-refractivity contribution in [3.63, 3.8) is 0 Å². The number of carbonyl (C=O) groups is 3. The van der Waals surface area contributed by atoms with Gasteiger partial charge >= 0.3 is 0 Å². The largest absolute Gasteiger partial charge is 0.350 e. The van der Waals surface area contributed by atoms with Crippen molar-refractivity contribution in [3.05, 3.63) is 99.5 Å². The summed E-state index contributed by atoms with van der Waals surface area (Å²) in [5, 5.41) is 8.88. The van der Waals surface area contributed by atoms with Gasteiger partial charge in [-0.3, -0.25) is 14.4 Å². The summed E-state index contributed by atoms with van der Waals surface area (Å²) in [7, 11) is 0. The fourth-order valence-electron chi connectivity index (χ4n) is 2.72. The van der Waals surface area contributed by atoms with Crippen LogP contribution in [-0.2, 0) is 0 Å². The summed E-state index contributed by atoms with van der Waals surface area (Å²) in [5.74, 6) is -0.890. The van der Waals surface area contributed by atoms with Gasteiger partial charge in [0.25, 0.3) is 17.7 Å². The van der Waals surface area contributed by atoms with Gasteiger partial charge in [-0.1, -0.05) is 41.4 Å². The number of anilines is 1. The number of hydrogen-bond acceptors (Lipinski definition) is 3. The number of rotatable bonds is 7. The van der Waals surface area contributed by atoms with Crippen molar-refractivity contribution in [2.75, 3.05) is 18.4 Å². The highest BCUT2D eigenvalue weighted by Gasteiger charge is 2.12. The molecule has 6 nitrogen and oxygen atoms in total. The van der Waals surface area contributed by atoms with Crippen molar-refractivity contribution >= 4 is 46.6 Å². The van der Waals surface area contributed by atoms with E-state index in [1.165, 1.54) is 6.07 Å². The molecule has 0 aromatic heterocycles. The first-order chi connectivity index (χ1) is 14.9. The lowest BCUT2D eigenvalue weighted by molar-refractivity contribution is 0.0927. The summed E-state index contributed by atoms with van der Waals surface area (Å²) < 4.78 is 0. The van der Waals surface area contributed by atoms with Crippen molar-refractivity contribution in [1.82, 2.24) is 10.6 Å². The average molecular weight is 456 g/mol. The lowest BCUT2D eigenvalue weighted by Gasteiger charge is -2.09. The first kappa shape index (κ1) is 22.3. The highest BCUT2D eigenvalue weighted by Crippen LogP contribution is 2.22. The van der Waals surface area contributed by atoms with Gasteiger partial charge in [-0.05, 0) is 54.6 Å². The van der Waals surface area contributed by atoms with Gasteiger partial charge in [-0.15, -0.1) is 0 Å². The Morgan fingerprint density at radius 2 is 1.26 bits per heavy atom. The van der Waals surface area contributed by atoms with Crippen molar-refractivity contribution in [2.45, 2.75) is 0 Å². The Morgan fingerprint density at radius 3 is 1.87 bits per heavy atom. The first-order valence-electron chi connectivity index (χ1n) is 9.42. The summed E-state index contributed by atoms with van der Waals surface area (Å²) in [6, 6.07) is 19.9. The molecular formula is C23H19Cl2N3O3. The number of nitrogens with one attached hydrogen (secondary N) is 3. The first-order valence-corrected chi connectivity index (χ1v) is 10.2. The van der Waals surface area contributed by atoms with Crippen LogP contribution in [0.1, 0.15) is 31.1 Å². The van der Waals surface area contributed by atoms with Crippen LogP contribution >= 0.6 is 23.2 Å². The third-order valence-electron chi connectivity index (χ3n) is 4.31. The van der Waals surface area contributed by atoms with Gasteiger partial charge in [0, 0.05) is 34.9 Å². The van der Waals surface area contributed by atoms with Crippen LogP contribution in [0, 0.1) is 0 Å². The molecule has 3 aromatic carbocycles. The maximum absolute atomic E-state index is 12.4. The van der Waals surface area contributed by atoms with E-state index in [-0.39, 0.29) is 28.9 Å². The van der Waals surface area contributed by atoms with Crippen LogP contribution < -0.4 is 16.0 Å². The average Bonchev–Trinajstić information content (AvgIpc) is 2.79. The van der Waals surface area contributed by atoms with E-state index in [4.69, 9.17) is 23.2 Å². The Labute approximate surface area is 189 Å². The SMILES string of the molecule is O=C(NCCNC(=O)c1ccc(NC(=O)c2cc(Cl)ccc2Cl)cc1)c1ccccc1. The van der Waals surface area contributed by atoms with Crippen LogP contribution in [0.25, 0.3) is 0 Å². The molecule has 0 saturated carbocycles. The molecule has 31 heavy (non-hydrogen) atoms. The second-order valence-electron chi connectivity index (χ2n) is 6.53. The lowest BCUT2D eigenvalue weighted by atomic mass is 10.1. The monoisotopic (exact) mass is 455 g/mol. The highest BCUT2D eigenvalue weighted by atomic mass is 35.5. The molecule has 8 heteroatoms. The standard InChI is InChI=1S/C23H19Cl2N3O3/c24-17-8-11-20(25)19(14-17)23(31)28-18-9-6-16(7-10-18)22(30)27-13-12-26-21(29)15-4-2-1-3-5-15/h1-11,14H,12-13H2,(H,26,29)(H,27,30)(H,28,31). The van der Waals surface area contributed by atoms with Crippen molar-refractivity contribution in [1.29, 1.82) is 0 Å². The predicted octanol–water partition coefficient (Wildman–Crippen LogP) is 4.41. The van der Waals surface area contributed by atoms with E-state index in [1.807, 2.05) is 6.07 Å². The molecule has 3 N–H and O–H groups in total. The molecule has 0 unspecified atom stereocenters. The van der Waals surface area contributed by atoms with E-state index >= 15 is 0 Å². The van der Waals surface area contributed by atoms with Gasteiger partial charge in [-0.2, -0.15) is 0 Å². The van der Waals surface area contributed by atoms with Gasteiger partial charge in [0.15, 0.2) is 0 Å². The maximum Gasteiger partial charge on any atom is 0.257 e. The van der Waals surface area contributed by atoms with Gasteiger partial charge in [0.2, 0.25) is 0 Å². The number of halogens is 2. The molecule has 3 aromatic rings. The fraction of sp³-hybridized carbons (Fsp3) is 0.0870. The minimum Gasteiger partial charge on any atom is -0.350 e. The molecule has 0 aliphatic heterocycles. The Kier molecular flexibility index (Phi) is 7.65. The zero-order chi connectivity index (χ0) is 22.2. The van der Waals surface area contributed by atoms with Crippen molar-refractivity contribution < 1.29 is 14.4 Å². The third-order valence-corrected chi connectivity index (χ3v) is 4.87. The summed E-state index contributed by atoms with van der Waals surface area (Å²) in [5.41, 5.74) is 1.75. The van der Waals surface area contributed by atoms with Crippen LogP contribution in [0.3, 0.4) is 0 Å². The Morgan fingerprint density at radius 1 is 0.677 bits per heavy atom. The van der Waals surface area contributed by atoms with Crippen LogP contribution in [0.4, 0.5) is 5.69 Å². The summed E-state index contributed by atoms with van der Waals surface area (Å²) >= 11 is 12.0. The van der Waals surface area contributed by atoms with Crippen LogP contribution in [-0.4, -0.2) is 30.8 Å². The summed E-state index contributed by atoms with van der Waals surface area (Å²) in [4.78, 5) is 36.6. The lowest BCUT2D eigenvalue weighted by Crippen LogP contribution is -2.34. The minimum atomic E-state index is -0.404. The highest BCUT2D eigenvalue weighted by molar-refractivity contribution is 6.36. The molecule has 0 atom stereocenters. The van der Waals surface area contributed by atoms with Gasteiger partial charge in [-0.25, -0.2) is 0 Å². The van der Waals surface area contributed by atoms with Crippen LogP contribution in [0.2, 0.25) is 10.0 Å². The van der Waals surface area contributed by atoms with Crippen molar-refractivity contribution in [3.8, 4) is 0 Å². The zero-order valence-corrected chi connectivity index (χ0v) is 17.8. The number of hydrogen-bond donors (Lipinski definition) is 3. The molecule has 0 radical (unpaired) electrons. The third kappa shape index (κ3) is 6.31. The molecule has 0 heterocycles. The molecule has 158 valence electrons. The van der Waals surface area contributed by atoms with Crippen LogP contribution in [0.5, 0.6) is 0 Å². The molecule has 0 fully saturated rings. The number of carbonyl (C=O) groups excluding carboxylic acids is 3. The van der Waals surface area contributed by atoms with E-state index in [0.717, 1.165) is 0 Å². The normalized spacial score (nSPS) is 10.3. The van der Waals surface area contributed by atoms with Gasteiger partial charge in [0.05, 0.1) is 10.6 Å². The molecule has 3 amide bonds. The topological polar surface area (TPSA) is 87.3 Å². The quantitative estimate of drug-likeness (QED) is 0.461. The van der Waals surface area contributed by atoms with Crippen molar-refractivity contribution in [2.24, 2.45) is 0 Å². The van der Waals surface area contributed by atoms with Crippen LogP contribution in [0.15, 0.2) is 72.8 Å². The van der Waals surface area contributed by atoms with Gasteiger partial charge in [0.1, 0.15) is 0 Å². The molecule has 0 saturated heterocycles. The van der Waals surface area contributed by atoms with E-state index in [2.05, 4.69) is 16.0 Å². The zero-order valence-electron chi connectivity index (χ0n) is 16.3. The Balaban J connectivity index is 1.48. The van der Waals surface area contributed by atoms with E-state index in [0.29, 0.717) is 28.4 Å². The summed E-state index contributed by atoms with van der Waals surface area (Å²) in [6.07, 6.45) is 0. The molecular weight excluding hydrogens is 437 g/mol. The Hall–Kier alpha value is -3.35. The fourth-order valence-corrected chi connectivity index (χ4v) is 3.10. The second-order valence-corrected chi connectivity index (χ2v) is 7.38. The Bertz CT molecular complexity index is 1090. The van der Waals surface area contributed by atoms with E-state index in [9.17, 15) is 14.4 Å². The van der Waals surface area contributed by atoms with E-state index in [1.54, 1.807) is 60.7 Å². The summed E-state index contributed by atoms with van der Waals surface area (Å²) in [6.45, 7) is 0.581. The minimum absolute atomic E-state index is 0.199.